The molecule has 10 rings (SSSR count). The Morgan fingerprint density at radius 2 is 0.848 bits per heavy atom. The van der Waals surface area contributed by atoms with Crippen LogP contribution in [0.4, 0.5) is 0 Å². The van der Waals surface area contributed by atoms with E-state index >= 15 is 0 Å². The van der Waals surface area contributed by atoms with Crippen LogP contribution in [-0.4, -0.2) is 9.13 Å². The molecule has 0 spiro atoms. The van der Waals surface area contributed by atoms with Gasteiger partial charge >= 0.3 is 0 Å². The van der Waals surface area contributed by atoms with Gasteiger partial charge in [0.05, 0.1) is 22.1 Å². The van der Waals surface area contributed by atoms with E-state index in [1.54, 1.807) is 0 Å². The summed E-state index contributed by atoms with van der Waals surface area (Å²) >= 11 is 0. The van der Waals surface area contributed by atoms with Crippen molar-refractivity contribution in [2.45, 2.75) is 0 Å². The van der Waals surface area contributed by atoms with Crippen LogP contribution in [0.15, 0.2) is 158 Å². The Labute approximate surface area is 264 Å². The first-order valence-corrected chi connectivity index (χ1v) is 15.5. The predicted molar refractivity (Wildman–Crippen MR) is 187 cm³/mol. The molecule has 3 heterocycles. The van der Waals surface area contributed by atoms with Crippen molar-refractivity contribution in [2.75, 3.05) is 0 Å². The van der Waals surface area contributed by atoms with E-state index in [1.807, 2.05) is 30.3 Å². The van der Waals surface area contributed by atoms with Gasteiger partial charge in [-0.25, -0.2) is 0 Å². The van der Waals surface area contributed by atoms with Gasteiger partial charge in [0.25, 0.3) is 0 Å². The third-order valence-corrected chi connectivity index (χ3v) is 9.17. The third-order valence-electron chi connectivity index (χ3n) is 9.17. The van der Waals surface area contributed by atoms with Gasteiger partial charge in [-0.1, -0.05) is 84.9 Å². The van der Waals surface area contributed by atoms with E-state index in [-0.39, 0.29) is 0 Å². The molecule has 0 unspecified atom stereocenters. The minimum Gasteiger partial charge on any atom is -0.450 e. The van der Waals surface area contributed by atoms with Crippen LogP contribution in [0.3, 0.4) is 0 Å². The number of ether oxygens (including phenoxy) is 2. The molecule has 4 heteroatoms. The fourth-order valence-electron chi connectivity index (χ4n) is 7.09. The lowest BCUT2D eigenvalue weighted by atomic mass is 10.0. The largest absolute Gasteiger partial charge is 0.450 e. The second-order valence-corrected chi connectivity index (χ2v) is 11.8. The molecule has 7 aromatic carbocycles. The van der Waals surface area contributed by atoms with Crippen molar-refractivity contribution in [2.24, 2.45) is 0 Å². The van der Waals surface area contributed by atoms with Crippen molar-refractivity contribution in [1.82, 2.24) is 9.13 Å². The van der Waals surface area contributed by atoms with E-state index in [9.17, 15) is 0 Å². The molecule has 9 aromatic rings. The molecule has 1 aliphatic heterocycles. The average Bonchev–Trinajstić information content (AvgIpc) is 3.63. The lowest BCUT2D eigenvalue weighted by Crippen LogP contribution is -1.98. The molecule has 4 nitrogen and oxygen atoms in total. The molecule has 0 N–H and O–H groups in total. The fourth-order valence-corrected chi connectivity index (χ4v) is 7.09. The van der Waals surface area contributed by atoms with Gasteiger partial charge in [0.2, 0.25) is 0 Å². The van der Waals surface area contributed by atoms with E-state index in [2.05, 4.69) is 137 Å². The Hall–Kier alpha value is -6.26. The molecule has 0 saturated heterocycles. The van der Waals surface area contributed by atoms with Crippen LogP contribution in [0.1, 0.15) is 0 Å². The average molecular weight is 591 g/mol. The molecule has 1 aliphatic rings. The first-order valence-electron chi connectivity index (χ1n) is 15.5. The second kappa shape index (κ2) is 9.62. The Kier molecular flexibility index (Phi) is 5.25. The smallest absolute Gasteiger partial charge is 0.170 e. The maximum absolute atomic E-state index is 6.23. The van der Waals surface area contributed by atoms with Crippen molar-refractivity contribution in [1.29, 1.82) is 0 Å². The van der Waals surface area contributed by atoms with Gasteiger partial charge in [-0.05, 0) is 83.9 Å². The molecule has 0 aliphatic carbocycles. The van der Waals surface area contributed by atoms with E-state index in [4.69, 9.17) is 9.47 Å². The van der Waals surface area contributed by atoms with Crippen LogP contribution in [0.5, 0.6) is 23.0 Å². The number of para-hydroxylation sites is 5. The molecular weight excluding hydrogens is 564 g/mol. The summed E-state index contributed by atoms with van der Waals surface area (Å²) in [6.07, 6.45) is 0. The van der Waals surface area contributed by atoms with Gasteiger partial charge in [-0.2, -0.15) is 0 Å². The van der Waals surface area contributed by atoms with Crippen LogP contribution in [0.25, 0.3) is 66.1 Å². The topological polar surface area (TPSA) is 28.3 Å². The second-order valence-electron chi connectivity index (χ2n) is 11.8. The summed E-state index contributed by atoms with van der Waals surface area (Å²) in [5.41, 5.74) is 9.22. The molecule has 0 atom stereocenters. The highest BCUT2D eigenvalue weighted by Gasteiger charge is 2.20. The lowest BCUT2D eigenvalue weighted by Gasteiger charge is -2.21. The van der Waals surface area contributed by atoms with Crippen molar-refractivity contribution < 1.29 is 9.47 Å². The monoisotopic (exact) mass is 590 g/mol. The van der Waals surface area contributed by atoms with Gasteiger partial charge in [0.15, 0.2) is 23.0 Å². The molecule has 2 aromatic heterocycles. The van der Waals surface area contributed by atoms with Crippen LogP contribution in [0, 0.1) is 0 Å². The SMILES string of the molecule is c1ccc(-n2c3ccccc3c3ccc(-n4c5ccccc5c5cc(-c6ccc7c(c6)Oc6ccccc6O7)ccc54)cc32)cc1. The number of nitrogens with zero attached hydrogens (tertiary/aromatic N) is 2. The molecule has 46 heavy (non-hydrogen) atoms. The molecule has 0 amide bonds. The minimum absolute atomic E-state index is 0.723. The van der Waals surface area contributed by atoms with E-state index in [1.165, 1.54) is 38.1 Å². The van der Waals surface area contributed by atoms with Crippen molar-refractivity contribution in [3.63, 3.8) is 0 Å². The number of hydrogen-bond acceptors (Lipinski definition) is 2. The molecule has 0 bridgehead atoms. The van der Waals surface area contributed by atoms with E-state index in [0.29, 0.717) is 0 Å². The maximum atomic E-state index is 6.23. The predicted octanol–water partition coefficient (Wildman–Crippen LogP) is 11.4. The summed E-state index contributed by atoms with van der Waals surface area (Å²) in [5, 5.41) is 4.92. The number of fused-ring (bicyclic) bond motifs is 8. The Morgan fingerprint density at radius 3 is 1.63 bits per heavy atom. The normalized spacial score (nSPS) is 12.3. The highest BCUT2D eigenvalue weighted by Crippen LogP contribution is 2.47. The highest BCUT2D eigenvalue weighted by molar-refractivity contribution is 6.12. The molecular formula is C42H26N2O2. The Bertz CT molecular complexity index is 2650. The van der Waals surface area contributed by atoms with Crippen LogP contribution in [0.2, 0.25) is 0 Å². The summed E-state index contributed by atoms with van der Waals surface area (Å²) in [7, 11) is 0. The summed E-state index contributed by atoms with van der Waals surface area (Å²) < 4.78 is 17.1. The highest BCUT2D eigenvalue weighted by atomic mass is 16.6. The maximum Gasteiger partial charge on any atom is 0.170 e. The third kappa shape index (κ3) is 3.67. The van der Waals surface area contributed by atoms with Gasteiger partial charge in [-0.15, -0.1) is 0 Å². The molecule has 216 valence electrons. The fraction of sp³-hybridized carbons (Fsp3) is 0. The van der Waals surface area contributed by atoms with Crippen molar-refractivity contribution in [3.8, 4) is 45.5 Å². The number of aromatic nitrogens is 2. The van der Waals surface area contributed by atoms with Gasteiger partial charge in [0, 0.05) is 32.9 Å². The van der Waals surface area contributed by atoms with Crippen molar-refractivity contribution >= 4 is 43.6 Å². The number of hydrogen-bond donors (Lipinski definition) is 0. The van der Waals surface area contributed by atoms with Crippen LogP contribution in [-0.2, 0) is 0 Å². The Balaban J connectivity index is 1.15. The summed E-state index contributed by atoms with van der Waals surface area (Å²) in [6, 6.07) is 55.5. The van der Waals surface area contributed by atoms with Crippen LogP contribution < -0.4 is 9.47 Å². The van der Waals surface area contributed by atoms with Gasteiger partial charge < -0.3 is 18.6 Å². The summed E-state index contributed by atoms with van der Waals surface area (Å²) in [6.45, 7) is 0. The minimum atomic E-state index is 0.723. The van der Waals surface area contributed by atoms with Gasteiger partial charge in [0.1, 0.15) is 0 Å². The summed E-state index contributed by atoms with van der Waals surface area (Å²) in [4.78, 5) is 0. The zero-order chi connectivity index (χ0) is 30.2. The lowest BCUT2D eigenvalue weighted by molar-refractivity contribution is 0.360. The van der Waals surface area contributed by atoms with Gasteiger partial charge in [-0.3, -0.25) is 0 Å². The number of rotatable bonds is 3. The Morgan fingerprint density at radius 1 is 0.304 bits per heavy atom. The van der Waals surface area contributed by atoms with Crippen LogP contribution >= 0.6 is 0 Å². The number of benzene rings is 7. The molecule has 0 saturated carbocycles. The molecule has 0 radical (unpaired) electrons. The zero-order valence-corrected chi connectivity index (χ0v) is 24.7. The first-order chi connectivity index (χ1) is 22.8. The van der Waals surface area contributed by atoms with E-state index in [0.717, 1.165) is 51.0 Å². The van der Waals surface area contributed by atoms with Crippen molar-refractivity contribution in [3.05, 3.63) is 158 Å². The molecule has 0 fully saturated rings. The first kappa shape index (κ1) is 25.1. The quantitative estimate of drug-likeness (QED) is 0.205. The summed E-state index contributed by atoms with van der Waals surface area (Å²) in [5.74, 6) is 2.91. The standard InChI is InChI=1S/C42H26N2O2/c1-2-10-29(11-3-1)43-35-14-6-4-12-31(35)33-21-20-30(26-38(33)43)44-36-15-7-5-13-32(36)34-24-27(18-22-37(34)44)28-19-23-41-42(25-28)46-40-17-9-8-16-39(40)45-41/h1-26H. The zero-order valence-electron chi connectivity index (χ0n) is 24.7. The van der Waals surface area contributed by atoms with E-state index < -0.39 is 0 Å².